The van der Waals surface area contributed by atoms with Gasteiger partial charge in [-0.2, -0.15) is 0 Å². The van der Waals surface area contributed by atoms with Crippen molar-refractivity contribution >= 4 is 5.91 Å². The molecule has 0 bridgehead atoms. The van der Waals surface area contributed by atoms with Crippen LogP contribution in [0.25, 0.3) is 0 Å². The molecule has 4 heteroatoms. The van der Waals surface area contributed by atoms with Crippen LogP contribution in [0.3, 0.4) is 0 Å². The highest BCUT2D eigenvalue weighted by atomic mass is 16.5. The van der Waals surface area contributed by atoms with Crippen LogP contribution in [-0.2, 0) is 9.53 Å². The minimum atomic E-state index is -0.198. The summed E-state index contributed by atoms with van der Waals surface area (Å²) in [6, 6.07) is 9.75. The Balaban J connectivity index is 1.68. The van der Waals surface area contributed by atoms with Gasteiger partial charge in [0, 0.05) is 19.1 Å². The van der Waals surface area contributed by atoms with E-state index in [4.69, 9.17) is 4.74 Å². The molecule has 2 heterocycles. The van der Waals surface area contributed by atoms with Crippen molar-refractivity contribution in [2.45, 2.75) is 32.0 Å². The highest BCUT2D eigenvalue weighted by molar-refractivity contribution is 5.85. The van der Waals surface area contributed by atoms with Gasteiger partial charge in [0.25, 0.3) is 0 Å². The number of amides is 1. The predicted molar refractivity (Wildman–Crippen MR) is 77.0 cm³/mol. The number of ether oxygens (including phenoxy) is 1. The van der Waals surface area contributed by atoms with Crippen molar-refractivity contribution in [3.8, 4) is 0 Å². The van der Waals surface area contributed by atoms with E-state index < -0.39 is 0 Å². The first kappa shape index (κ1) is 13.6. The molecule has 3 atom stereocenters. The fourth-order valence-corrected chi connectivity index (χ4v) is 3.12. The number of nitrogens with zero attached hydrogens (tertiary/aromatic N) is 1. The molecular weight excluding hydrogens is 252 g/mol. The molecule has 1 N–H and O–H groups in total. The average Bonchev–Trinajstić information content (AvgIpc) is 2.77. The third kappa shape index (κ3) is 2.72. The summed E-state index contributed by atoms with van der Waals surface area (Å²) in [5.41, 5.74) is 1.05. The molecule has 1 amide bonds. The lowest BCUT2D eigenvalue weighted by molar-refractivity contribution is -0.131. The van der Waals surface area contributed by atoms with Gasteiger partial charge in [0.15, 0.2) is 0 Å². The van der Waals surface area contributed by atoms with Gasteiger partial charge in [-0.15, -0.1) is 0 Å². The monoisotopic (exact) mass is 274 g/mol. The molecule has 1 aromatic rings. The van der Waals surface area contributed by atoms with E-state index in [1.165, 1.54) is 0 Å². The van der Waals surface area contributed by atoms with Gasteiger partial charge < -0.3 is 9.64 Å². The lowest BCUT2D eigenvalue weighted by Crippen LogP contribution is -2.40. The Bertz CT molecular complexity index is 457. The Morgan fingerprint density at radius 2 is 2.15 bits per heavy atom. The lowest BCUT2D eigenvalue weighted by Gasteiger charge is -2.29. The van der Waals surface area contributed by atoms with Crippen LogP contribution < -0.4 is 5.32 Å². The quantitative estimate of drug-likeness (QED) is 0.916. The maximum Gasteiger partial charge on any atom is 0.245 e. The van der Waals surface area contributed by atoms with Crippen LogP contribution in [0, 0.1) is 5.92 Å². The number of rotatable bonds is 3. The summed E-state index contributed by atoms with van der Waals surface area (Å²) in [4.78, 5) is 14.6. The zero-order valence-corrected chi connectivity index (χ0v) is 11.9. The van der Waals surface area contributed by atoms with E-state index in [-0.39, 0.29) is 18.1 Å². The highest BCUT2D eigenvalue weighted by Gasteiger charge is 2.38. The van der Waals surface area contributed by atoms with E-state index in [9.17, 15) is 4.79 Å². The molecule has 2 fully saturated rings. The second-order valence-electron chi connectivity index (χ2n) is 5.76. The van der Waals surface area contributed by atoms with Crippen molar-refractivity contribution < 1.29 is 9.53 Å². The third-order valence-electron chi connectivity index (χ3n) is 4.25. The minimum absolute atomic E-state index is 0.0923. The standard InChI is InChI=1S/C16H22N2O2/c1-12-17-15(14-7-3-2-4-8-14)16(19)18(12)10-13-6-5-9-20-11-13/h2-4,7-8,12-13,15,17H,5-6,9-11H2,1H3. The molecule has 3 unspecified atom stereocenters. The van der Waals surface area contributed by atoms with Crippen molar-refractivity contribution in [2.75, 3.05) is 19.8 Å². The zero-order chi connectivity index (χ0) is 13.9. The van der Waals surface area contributed by atoms with Gasteiger partial charge in [0.2, 0.25) is 5.91 Å². The number of carbonyl (C=O) groups is 1. The summed E-state index contributed by atoms with van der Waals surface area (Å²) in [6.45, 7) is 4.51. The first-order valence-electron chi connectivity index (χ1n) is 7.45. The van der Waals surface area contributed by atoms with E-state index in [0.717, 1.165) is 38.2 Å². The Kier molecular flexibility index (Phi) is 4.03. The van der Waals surface area contributed by atoms with Crippen LogP contribution in [0.15, 0.2) is 30.3 Å². The van der Waals surface area contributed by atoms with Gasteiger partial charge >= 0.3 is 0 Å². The molecule has 2 aliphatic heterocycles. The van der Waals surface area contributed by atoms with Crippen LogP contribution in [0.5, 0.6) is 0 Å². The number of nitrogens with one attached hydrogen (secondary N) is 1. The average molecular weight is 274 g/mol. The molecular formula is C16H22N2O2. The Morgan fingerprint density at radius 1 is 1.35 bits per heavy atom. The van der Waals surface area contributed by atoms with Crippen LogP contribution in [0.2, 0.25) is 0 Å². The highest BCUT2D eigenvalue weighted by Crippen LogP contribution is 2.26. The maximum absolute atomic E-state index is 12.6. The number of benzene rings is 1. The van der Waals surface area contributed by atoms with E-state index in [0.29, 0.717) is 5.92 Å². The zero-order valence-electron chi connectivity index (χ0n) is 11.9. The van der Waals surface area contributed by atoms with Crippen LogP contribution in [0.4, 0.5) is 0 Å². The van der Waals surface area contributed by atoms with Crippen LogP contribution >= 0.6 is 0 Å². The van der Waals surface area contributed by atoms with E-state index in [1.807, 2.05) is 35.2 Å². The van der Waals surface area contributed by atoms with Crippen LogP contribution in [-0.4, -0.2) is 36.7 Å². The molecule has 0 saturated carbocycles. The van der Waals surface area contributed by atoms with Crippen molar-refractivity contribution in [3.05, 3.63) is 35.9 Å². The van der Waals surface area contributed by atoms with Crippen molar-refractivity contribution in [1.82, 2.24) is 10.2 Å². The molecule has 20 heavy (non-hydrogen) atoms. The second-order valence-corrected chi connectivity index (χ2v) is 5.76. The van der Waals surface area contributed by atoms with E-state index in [1.54, 1.807) is 0 Å². The van der Waals surface area contributed by atoms with Gasteiger partial charge in [0.05, 0.1) is 12.8 Å². The minimum Gasteiger partial charge on any atom is -0.381 e. The summed E-state index contributed by atoms with van der Waals surface area (Å²) >= 11 is 0. The molecule has 0 radical (unpaired) electrons. The summed E-state index contributed by atoms with van der Waals surface area (Å²) in [5, 5.41) is 3.40. The summed E-state index contributed by atoms with van der Waals surface area (Å²) in [7, 11) is 0. The Labute approximate surface area is 120 Å². The normalized spacial score (nSPS) is 30.8. The Morgan fingerprint density at radius 3 is 2.85 bits per heavy atom. The maximum atomic E-state index is 12.6. The summed E-state index contributed by atoms with van der Waals surface area (Å²) < 4.78 is 5.52. The number of hydrogen-bond acceptors (Lipinski definition) is 3. The van der Waals surface area contributed by atoms with Crippen molar-refractivity contribution in [2.24, 2.45) is 5.92 Å². The first-order chi connectivity index (χ1) is 9.75. The summed E-state index contributed by atoms with van der Waals surface area (Å²) in [6.07, 6.45) is 2.36. The fourth-order valence-electron chi connectivity index (χ4n) is 3.12. The molecule has 3 rings (SSSR count). The van der Waals surface area contributed by atoms with Crippen molar-refractivity contribution in [3.63, 3.8) is 0 Å². The van der Waals surface area contributed by atoms with Gasteiger partial charge in [-0.05, 0) is 25.3 Å². The fraction of sp³-hybridized carbons (Fsp3) is 0.562. The molecule has 2 saturated heterocycles. The first-order valence-corrected chi connectivity index (χ1v) is 7.45. The Hall–Kier alpha value is -1.39. The molecule has 1 aromatic carbocycles. The molecule has 2 aliphatic rings. The predicted octanol–water partition coefficient (Wildman–Crippen LogP) is 1.93. The van der Waals surface area contributed by atoms with Crippen molar-refractivity contribution in [1.29, 1.82) is 0 Å². The third-order valence-corrected chi connectivity index (χ3v) is 4.25. The van der Waals surface area contributed by atoms with Gasteiger partial charge in [0.1, 0.15) is 6.04 Å². The van der Waals surface area contributed by atoms with E-state index >= 15 is 0 Å². The van der Waals surface area contributed by atoms with Crippen LogP contribution in [0.1, 0.15) is 31.4 Å². The molecule has 108 valence electrons. The molecule has 4 nitrogen and oxygen atoms in total. The molecule has 0 spiro atoms. The van der Waals surface area contributed by atoms with Gasteiger partial charge in [-0.25, -0.2) is 0 Å². The topological polar surface area (TPSA) is 41.6 Å². The number of carbonyl (C=O) groups excluding carboxylic acids is 1. The SMILES string of the molecule is CC1NC(c2ccccc2)C(=O)N1CC1CCCOC1. The molecule has 0 aliphatic carbocycles. The largest absolute Gasteiger partial charge is 0.381 e. The summed E-state index contributed by atoms with van der Waals surface area (Å²) in [5.74, 6) is 0.667. The smallest absolute Gasteiger partial charge is 0.245 e. The van der Waals surface area contributed by atoms with Gasteiger partial charge in [-0.3, -0.25) is 10.1 Å². The van der Waals surface area contributed by atoms with E-state index in [2.05, 4.69) is 12.2 Å². The second kappa shape index (κ2) is 5.94. The lowest BCUT2D eigenvalue weighted by atomic mass is 10.0. The molecule has 0 aromatic heterocycles. The number of hydrogen-bond donors (Lipinski definition) is 1. The van der Waals surface area contributed by atoms with Gasteiger partial charge in [-0.1, -0.05) is 30.3 Å².